The molecule has 0 aromatic heterocycles. The summed E-state index contributed by atoms with van der Waals surface area (Å²) in [4.78, 5) is 11.8. The van der Waals surface area contributed by atoms with Crippen molar-refractivity contribution in [2.75, 3.05) is 17.9 Å². The molecule has 2 aromatic carbocycles. The maximum atomic E-state index is 13.1. The molecule has 1 aliphatic heterocycles. The first kappa shape index (κ1) is 19.0. The van der Waals surface area contributed by atoms with Crippen LogP contribution in [-0.2, 0) is 10.0 Å². The molecule has 0 unspecified atom stereocenters. The van der Waals surface area contributed by atoms with Crippen LogP contribution in [-0.4, -0.2) is 32.7 Å². The minimum absolute atomic E-state index is 0.0651. The van der Waals surface area contributed by atoms with E-state index in [1.807, 2.05) is 19.9 Å². The maximum absolute atomic E-state index is 13.1. The van der Waals surface area contributed by atoms with Gasteiger partial charge < -0.3 is 14.6 Å². The lowest BCUT2D eigenvalue weighted by Gasteiger charge is -2.21. The maximum Gasteiger partial charge on any atom is 0.337 e. The molecule has 0 saturated carbocycles. The number of nitrogens with one attached hydrogen (secondary N) is 1. The van der Waals surface area contributed by atoms with E-state index in [-0.39, 0.29) is 21.9 Å². The molecule has 0 aliphatic carbocycles. The second kappa shape index (κ2) is 6.77. The normalized spacial score (nSPS) is 13.3. The van der Waals surface area contributed by atoms with Crippen LogP contribution in [0.1, 0.15) is 32.6 Å². The fourth-order valence-corrected chi connectivity index (χ4v) is 4.82. The number of carbonyl (C=O) groups is 1. The van der Waals surface area contributed by atoms with Gasteiger partial charge in [0.05, 0.1) is 16.1 Å². The minimum Gasteiger partial charge on any atom is -0.486 e. The van der Waals surface area contributed by atoms with Crippen molar-refractivity contribution >= 4 is 21.7 Å². The molecule has 1 aliphatic rings. The number of fused-ring (bicyclic) bond motifs is 1. The Labute approximate surface area is 158 Å². The summed E-state index contributed by atoms with van der Waals surface area (Å²) in [5.41, 5.74) is 2.67. The van der Waals surface area contributed by atoms with Gasteiger partial charge in [-0.2, -0.15) is 0 Å². The van der Waals surface area contributed by atoms with Crippen LogP contribution in [0.3, 0.4) is 0 Å². The standard InChI is InChI=1S/C19H21NO6S/c1-10-7-11(2)13(4)18(12(10)3)27(23,24)20-15-9-17-16(25-5-6-26-17)8-14(15)19(21)22/h7-9,20H,5-6H2,1-4H3,(H,21,22). The molecule has 7 nitrogen and oxygen atoms in total. The van der Waals surface area contributed by atoms with E-state index in [4.69, 9.17) is 9.47 Å². The third-order valence-corrected chi connectivity index (χ3v) is 6.36. The van der Waals surface area contributed by atoms with Crippen LogP contribution in [0.2, 0.25) is 0 Å². The van der Waals surface area contributed by atoms with E-state index < -0.39 is 16.0 Å². The number of sulfonamides is 1. The smallest absolute Gasteiger partial charge is 0.337 e. The molecule has 0 bridgehead atoms. The number of rotatable bonds is 4. The molecule has 0 amide bonds. The molecule has 144 valence electrons. The third kappa shape index (κ3) is 3.44. The molecule has 0 spiro atoms. The second-order valence-electron chi connectivity index (χ2n) is 6.54. The number of anilines is 1. The molecule has 2 N–H and O–H groups in total. The third-order valence-electron chi connectivity index (χ3n) is 4.72. The largest absolute Gasteiger partial charge is 0.486 e. The first-order valence-corrected chi connectivity index (χ1v) is 9.87. The average Bonchev–Trinajstić information content (AvgIpc) is 2.59. The SMILES string of the molecule is Cc1cc(C)c(C)c(S(=O)(=O)Nc2cc3c(cc2C(=O)O)OCCO3)c1C. The summed E-state index contributed by atoms with van der Waals surface area (Å²) in [6, 6.07) is 4.55. The van der Waals surface area contributed by atoms with Crippen molar-refractivity contribution in [3.8, 4) is 11.5 Å². The van der Waals surface area contributed by atoms with Crippen molar-refractivity contribution in [3.05, 3.63) is 46.0 Å². The van der Waals surface area contributed by atoms with E-state index >= 15 is 0 Å². The fourth-order valence-electron chi connectivity index (χ4n) is 3.13. The van der Waals surface area contributed by atoms with Crippen molar-refractivity contribution in [3.63, 3.8) is 0 Å². The Morgan fingerprint density at radius 3 is 2.00 bits per heavy atom. The summed E-state index contributed by atoms with van der Waals surface area (Å²) in [5, 5.41) is 9.50. The molecule has 0 saturated heterocycles. The Bertz CT molecular complexity index is 1020. The summed E-state index contributed by atoms with van der Waals surface area (Å²) in [6.07, 6.45) is 0. The van der Waals surface area contributed by atoms with Crippen molar-refractivity contribution in [2.24, 2.45) is 0 Å². The van der Waals surface area contributed by atoms with Gasteiger partial charge in [0.15, 0.2) is 11.5 Å². The van der Waals surface area contributed by atoms with Gasteiger partial charge in [0.25, 0.3) is 10.0 Å². The number of aryl methyl sites for hydroxylation is 2. The van der Waals surface area contributed by atoms with E-state index in [2.05, 4.69) is 4.72 Å². The molecule has 0 radical (unpaired) electrons. The zero-order valence-corrected chi connectivity index (χ0v) is 16.4. The minimum atomic E-state index is -4.01. The number of carboxylic acid groups (broad SMARTS) is 1. The van der Waals surface area contributed by atoms with Gasteiger partial charge in [-0.1, -0.05) is 6.07 Å². The fraction of sp³-hybridized carbons (Fsp3) is 0.316. The lowest BCUT2D eigenvalue weighted by molar-refractivity contribution is 0.0697. The van der Waals surface area contributed by atoms with E-state index in [0.717, 1.165) is 11.1 Å². The van der Waals surface area contributed by atoms with Crippen molar-refractivity contribution < 1.29 is 27.8 Å². The zero-order valence-electron chi connectivity index (χ0n) is 15.5. The quantitative estimate of drug-likeness (QED) is 0.830. The van der Waals surface area contributed by atoms with Crippen LogP contribution >= 0.6 is 0 Å². The zero-order chi connectivity index (χ0) is 19.9. The lowest BCUT2D eigenvalue weighted by Crippen LogP contribution is -2.20. The van der Waals surface area contributed by atoms with Crippen LogP contribution in [0.5, 0.6) is 11.5 Å². The van der Waals surface area contributed by atoms with Crippen LogP contribution < -0.4 is 14.2 Å². The topological polar surface area (TPSA) is 102 Å². The van der Waals surface area contributed by atoms with Gasteiger partial charge in [-0.3, -0.25) is 4.72 Å². The highest BCUT2D eigenvalue weighted by Crippen LogP contribution is 2.37. The lowest BCUT2D eigenvalue weighted by atomic mass is 10.0. The van der Waals surface area contributed by atoms with E-state index in [0.29, 0.717) is 30.1 Å². The van der Waals surface area contributed by atoms with Crippen LogP contribution in [0.15, 0.2) is 23.1 Å². The van der Waals surface area contributed by atoms with Crippen LogP contribution in [0.25, 0.3) is 0 Å². The van der Waals surface area contributed by atoms with Crippen molar-refractivity contribution in [1.29, 1.82) is 0 Å². The number of carboxylic acids is 1. The van der Waals surface area contributed by atoms with E-state index in [1.165, 1.54) is 12.1 Å². The Hall–Kier alpha value is -2.74. The Morgan fingerprint density at radius 2 is 1.48 bits per heavy atom. The summed E-state index contributed by atoms with van der Waals surface area (Å²) in [6.45, 7) is 7.76. The highest BCUT2D eigenvalue weighted by molar-refractivity contribution is 7.92. The highest BCUT2D eigenvalue weighted by Gasteiger charge is 2.26. The Kier molecular flexibility index (Phi) is 4.77. The van der Waals surface area contributed by atoms with Gasteiger partial charge in [-0.05, 0) is 49.9 Å². The number of benzene rings is 2. The second-order valence-corrected chi connectivity index (χ2v) is 8.16. The molecule has 0 atom stereocenters. The Morgan fingerprint density at radius 1 is 0.963 bits per heavy atom. The predicted molar refractivity (Wildman–Crippen MR) is 101 cm³/mol. The van der Waals surface area contributed by atoms with Gasteiger partial charge >= 0.3 is 5.97 Å². The first-order chi connectivity index (χ1) is 12.6. The van der Waals surface area contributed by atoms with Crippen molar-refractivity contribution in [1.82, 2.24) is 0 Å². The summed E-state index contributed by atoms with van der Waals surface area (Å²) in [7, 11) is -4.01. The number of hydrogen-bond acceptors (Lipinski definition) is 5. The molecule has 2 aromatic rings. The molecular weight excluding hydrogens is 370 g/mol. The van der Waals surface area contributed by atoms with Gasteiger partial charge in [0, 0.05) is 12.1 Å². The van der Waals surface area contributed by atoms with Gasteiger partial charge in [-0.15, -0.1) is 0 Å². The van der Waals surface area contributed by atoms with Gasteiger partial charge in [0.2, 0.25) is 0 Å². The summed E-state index contributed by atoms with van der Waals surface area (Å²) >= 11 is 0. The number of aromatic carboxylic acids is 1. The summed E-state index contributed by atoms with van der Waals surface area (Å²) in [5.74, 6) is -0.684. The highest BCUT2D eigenvalue weighted by atomic mass is 32.2. The predicted octanol–water partition coefficient (Wildman–Crippen LogP) is 3.19. The number of ether oxygens (including phenoxy) is 2. The molecule has 27 heavy (non-hydrogen) atoms. The molecule has 8 heteroatoms. The number of hydrogen-bond donors (Lipinski definition) is 2. The first-order valence-electron chi connectivity index (χ1n) is 8.39. The van der Waals surface area contributed by atoms with Crippen LogP contribution in [0, 0.1) is 27.7 Å². The summed E-state index contributed by atoms with van der Waals surface area (Å²) < 4.78 is 39.5. The van der Waals surface area contributed by atoms with Crippen molar-refractivity contribution in [2.45, 2.75) is 32.6 Å². The Balaban J connectivity index is 2.14. The molecule has 1 heterocycles. The average molecular weight is 391 g/mol. The molecular formula is C19H21NO6S. The van der Waals surface area contributed by atoms with E-state index in [9.17, 15) is 18.3 Å². The molecule has 0 fully saturated rings. The van der Waals surface area contributed by atoms with Gasteiger partial charge in [0.1, 0.15) is 13.2 Å². The molecule has 3 rings (SSSR count). The van der Waals surface area contributed by atoms with Crippen LogP contribution in [0.4, 0.5) is 5.69 Å². The monoisotopic (exact) mass is 391 g/mol. The van der Waals surface area contributed by atoms with Gasteiger partial charge in [-0.25, -0.2) is 13.2 Å². The van der Waals surface area contributed by atoms with E-state index in [1.54, 1.807) is 13.8 Å².